The minimum atomic E-state index is -0.970. The maximum Gasteiger partial charge on any atom is 0.326 e. The van der Waals surface area contributed by atoms with Crippen molar-refractivity contribution in [2.45, 2.75) is 25.3 Å². The Labute approximate surface area is 135 Å². The van der Waals surface area contributed by atoms with E-state index >= 15 is 0 Å². The Bertz CT molecular complexity index is 626. The smallest absolute Gasteiger partial charge is 0.326 e. The van der Waals surface area contributed by atoms with Gasteiger partial charge in [-0.25, -0.2) is 4.79 Å². The monoisotopic (exact) mass is 319 g/mol. The number of hydrogen-bond acceptors (Lipinski definition) is 4. The Morgan fingerprint density at radius 3 is 2.70 bits per heavy atom. The largest absolute Gasteiger partial charge is 0.493 e. The lowest BCUT2D eigenvalue weighted by Crippen LogP contribution is -2.40. The number of rotatable bonds is 6. The first kappa shape index (κ1) is 16.9. The molecule has 1 heterocycles. The number of carbonyl (C=O) groups excluding carboxylic acids is 1. The fraction of sp³-hybridized carbons (Fsp3) is 0.412. The summed E-state index contributed by atoms with van der Waals surface area (Å²) in [6.07, 6.45) is 3.40. The molecule has 1 unspecified atom stereocenters. The first-order valence-electron chi connectivity index (χ1n) is 7.43. The van der Waals surface area contributed by atoms with Crippen LogP contribution in [0.1, 0.15) is 28.8 Å². The van der Waals surface area contributed by atoms with E-state index in [1.807, 2.05) is 0 Å². The molecule has 6 heteroatoms. The van der Waals surface area contributed by atoms with Gasteiger partial charge in [-0.2, -0.15) is 0 Å². The number of methoxy groups -OCH3 is 2. The van der Waals surface area contributed by atoms with Gasteiger partial charge in [0.2, 0.25) is 0 Å². The molecule has 0 spiro atoms. The molecule has 1 saturated heterocycles. The number of carbonyl (C=O) groups is 2. The average Bonchev–Trinajstić information content (AvgIpc) is 3.03. The lowest BCUT2D eigenvalue weighted by atomic mass is 10.0. The third-order valence-corrected chi connectivity index (χ3v) is 3.97. The predicted molar refractivity (Wildman–Crippen MR) is 85.1 cm³/mol. The van der Waals surface area contributed by atoms with Gasteiger partial charge in [0.15, 0.2) is 11.5 Å². The molecule has 2 rings (SSSR count). The van der Waals surface area contributed by atoms with Crippen molar-refractivity contribution in [3.05, 3.63) is 35.9 Å². The lowest BCUT2D eigenvalue weighted by Gasteiger charge is -2.22. The van der Waals surface area contributed by atoms with E-state index in [4.69, 9.17) is 9.47 Å². The number of ether oxygens (including phenoxy) is 2. The molecule has 1 aromatic carbocycles. The second-order valence-corrected chi connectivity index (χ2v) is 5.36. The van der Waals surface area contributed by atoms with E-state index in [-0.39, 0.29) is 5.91 Å². The molecule has 0 aliphatic carbocycles. The molecule has 0 radical (unpaired) electrons. The Kier molecular flexibility index (Phi) is 5.26. The zero-order valence-electron chi connectivity index (χ0n) is 13.4. The van der Waals surface area contributed by atoms with Gasteiger partial charge in [-0.1, -0.05) is 6.08 Å². The van der Waals surface area contributed by atoms with Gasteiger partial charge in [-0.3, -0.25) is 4.79 Å². The number of likely N-dealkylation sites (tertiary alicyclic amines) is 1. The van der Waals surface area contributed by atoms with Crippen molar-refractivity contribution in [3.8, 4) is 11.5 Å². The number of hydrogen-bond donors (Lipinski definition) is 1. The second-order valence-electron chi connectivity index (χ2n) is 5.36. The van der Waals surface area contributed by atoms with Crippen LogP contribution in [0.3, 0.4) is 0 Å². The van der Waals surface area contributed by atoms with Crippen LogP contribution in [0.2, 0.25) is 0 Å². The molecule has 124 valence electrons. The van der Waals surface area contributed by atoms with E-state index in [1.165, 1.54) is 19.1 Å². The molecule has 1 N–H and O–H groups in total. The number of amides is 1. The van der Waals surface area contributed by atoms with Gasteiger partial charge >= 0.3 is 5.97 Å². The minimum Gasteiger partial charge on any atom is -0.493 e. The summed E-state index contributed by atoms with van der Waals surface area (Å²) in [7, 11) is 3.03. The quantitative estimate of drug-likeness (QED) is 0.813. The van der Waals surface area contributed by atoms with Crippen LogP contribution in [0, 0.1) is 0 Å². The highest BCUT2D eigenvalue weighted by atomic mass is 16.5. The molecular weight excluding hydrogens is 298 g/mol. The number of nitrogens with zero attached hydrogens (tertiary/aromatic N) is 1. The Morgan fingerprint density at radius 1 is 1.39 bits per heavy atom. The standard InChI is InChI=1S/C17H21NO5/c1-4-6-11-9-12(10-14(22-2)15(11)23-3)16(19)18-8-5-7-13(18)17(20)21/h4,9-10,13H,1,5-8H2,2-3H3,(H,20,21). The molecule has 1 atom stereocenters. The summed E-state index contributed by atoms with van der Waals surface area (Å²) in [6, 6.07) is 2.53. The van der Waals surface area contributed by atoms with Crippen LogP contribution in [-0.4, -0.2) is 48.7 Å². The van der Waals surface area contributed by atoms with Gasteiger partial charge in [-0.05, 0) is 31.4 Å². The van der Waals surface area contributed by atoms with Crippen molar-refractivity contribution in [2.75, 3.05) is 20.8 Å². The highest BCUT2D eigenvalue weighted by Gasteiger charge is 2.34. The normalized spacial score (nSPS) is 17.0. The fourth-order valence-corrected chi connectivity index (χ4v) is 2.91. The highest BCUT2D eigenvalue weighted by molar-refractivity contribution is 5.97. The predicted octanol–water partition coefficient (Wildman–Crippen LogP) is 2.12. The molecule has 1 amide bonds. The van der Waals surface area contributed by atoms with Gasteiger partial charge in [0.25, 0.3) is 5.91 Å². The molecule has 1 fully saturated rings. The summed E-state index contributed by atoms with van der Waals surface area (Å²) in [5, 5.41) is 9.25. The Morgan fingerprint density at radius 2 is 2.13 bits per heavy atom. The summed E-state index contributed by atoms with van der Waals surface area (Å²) in [5.74, 6) is -0.273. The van der Waals surface area contributed by atoms with Gasteiger partial charge in [-0.15, -0.1) is 6.58 Å². The van der Waals surface area contributed by atoms with Crippen LogP contribution in [0.15, 0.2) is 24.8 Å². The van der Waals surface area contributed by atoms with Crippen LogP contribution in [0.5, 0.6) is 11.5 Å². The van der Waals surface area contributed by atoms with Gasteiger partial charge in [0, 0.05) is 17.7 Å². The van der Waals surface area contributed by atoms with Crippen molar-refractivity contribution >= 4 is 11.9 Å². The van der Waals surface area contributed by atoms with Crippen molar-refractivity contribution < 1.29 is 24.2 Å². The lowest BCUT2D eigenvalue weighted by molar-refractivity contribution is -0.141. The van der Waals surface area contributed by atoms with E-state index in [0.717, 1.165) is 5.56 Å². The summed E-state index contributed by atoms with van der Waals surface area (Å²) in [5.41, 5.74) is 1.17. The number of allylic oxidation sites excluding steroid dienone is 1. The number of carboxylic acid groups (broad SMARTS) is 1. The Hall–Kier alpha value is -2.50. The molecule has 23 heavy (non-hydrogen) atoms. The summed E-state index contributed by atoms with van der Waals surface area (Å²) in [6.45, 7) is 4.15. The van der Waals surface area contributed by atoms with Crippen LogP contribution in [0.25, 0.3) is 0 Å². The zero-order chi connectivity index (χ0) is 17.0. The molecule has 1 aliphatic heterocycles. The maximum atomic E-state index is 12.7. The molecule has 0 saturated carbocycles. The van der Waals surface area contributed by atoms with Crippen molar-refractivity contribution in [3.63, 3.8) is 0 Å². The maximum absolute atomic E-state index is 12.7. The molecule has 0 bridgehead atoms. The van der Waals surface area contributed by atoms with E-state index in [9.17, 15) is 14.7 Å². The summed E-state index contributed by atoms with van der Waals surface area (Å²) < 4.78 is 10.7. The third-order valence-electron chi connectivity index (χ3n) is 3.97. The highest BCUT2D eigenvalue weighted by Crippen LogP contribution is 2.34. The number of aliphatic carboxylic acids is 1. The van der Waals surface area contributed by atoms with Crippen molar-refractivity contribution in [2.24, 2.45) is 0 Å². The first-order valence-corrected chi connectivity index (χ1v) is 7.43. The van der Waals surface area contributed by atoms with Crippen molar-refractivity contribution in [1.82, 2.24) is 4.90 Å². The van der Waals surface area contributed by atoms with Crippen LogP contribution in [0.4, 0.5) is 0 Å². The van der Waals surface area contributed by atoms with Gasteiger partial charge in [0.05, 0.1) is 14.2 Å². The fourth-order valence-electron chi connectivity index (χ4n) is 2.91. The minimum absolute atomic E-state index is 0.304. The molecule has 6 nitrogen and oxygen atoms in total. The SMILES string of the molecule is C=CCc1cc(C(=O)N2CCCC2C(=O)O)cc(OC)c1OC. The molecule has 0 aromatic heterocycles. The van der Waals surface area contributed by atoms with Crippen LogP contribution in [-0.2, 0) is 11.2 Å². The van der Waals surface area contributed by atoms with E-state index in [2.05, 4.69) is 6.58 Å². The molecule has 1 aliphatic rings. The first-order chi connectivity index (χ1) is 11.0. The zero-order valence-corrected chi connectivity index (χ0v) is 13.4. The molecular formula is C17H21NO5. The van der Waals surface area contributed by atoms with E-state index in [0.29, 0.717) is 42.9 Å². The van der Waals surface area contributed by atoms with Crippen molar-refractivity contribution in [1.29, 1.82) is 0 Å². The number of benzene rings is 1. The van der Waals surface area contributed by atoms with E-state index in [1.54, 1.807) is 18.2 Å². The Balaban J connectivity index is 2.42. The topological polar surface area (TPSA) is 76.1 Å². The van der Waals surface area contributed by atoms with Gasteiger partial charge < -0.3 is 19.5 Å². The van der Waals surface area contributed by atoms with Crippen LogP contribution >= 0.6 is 0 Å². The molecule has 1 aromatic rings. The summed E-state index contributed by atoms with van der Waals surface area (Å²) in [4.78, 5) is 25.4. The van der Waals surface area contributed by atoms with Crippen LogP contribution < -0.4 is 9.47 Å². The second kappa shape index (κ2) is 7.17. The third kappa shape index (κ3) is 3.31. The summed E-state index contributed by atoms with van der Waals surface area (Å²) >= 11 is 0. The average molecular weight is 319 g/mol. The van der Waals surface area contributed by atoms with Gasteiger partial charge in [0.1, 0.15) is 6.04 Å². The number of carboxylic acids is 1. The van der Waals surface area contributed by atoms with E-state index < -0.39 is 12.0 Å².